The van der Waals surface area contributed by atoms with Crippen LogP contribution in [0.4, 0.5) is 23.7 Å². The molecule has 1 N–H and O–H groups in total. The Labute approximate surface area is 197 Å². The SMILES string of the molecule is CCOc1ccc(NC(=O)N(Cc2ccc(C(F)(F)F)cc2)C2CCCc3ccccc32)cc1. The van der Waals surface area contributed by atoms with Crippen molar-refractivity contribution in [2.45, 2.75) is 44.9 Å². The summed E-state index contributed by atoms with van der Waals surface area (Å²) in [6, 6.07) is 19.7. The zero-order valence-corrected chi connectivity index (χ0v) is 18.9. The molecule has 4 rings (SSSR count). The van der Waals surface area contributed by atoms with Crippen LogP contribution in [0.3, 0.4) is 0 Å². The van der Waals surface area contributed by atoms with Crippen molar-refractivity contribution in [3.63, 3.8) is 0 Å². The number of halogens is 3. The van der Waals surface area contributed by atoms with Crippen LogP contribution in [0, 0.1) is 0 Å². The fraction of sp³-hybridized carbons (Fsp3) is 0.296. The van der Waals surface area contributed by atoms with E-state index >= 15 is 0 Å². The number of carbonyl (C=O) groups excluding carboxylic acids is 1. The van der Waals surface area contributed by atoms with Gasteiger partial charge in [0, 0.05) is 12.2 Å². The van der Waals surface area contributed by atoms with Crippen LogP contribution in [0.15, 0.2) is 72.8 Å². The van der Waals surface area contributed by atoms with E-state index in [4.69, 9.17) is 4.74 Å². The Balaban J connectivity index is 1.61. The number of carbonyl (C=O) groups is 1. The lowest BCUT2D eigenvalue weighted by Crippen LogP contribution is -2.39. The lowest BCUT2D eigenvalue weighted by molar-refractivity contribution is -0.137. The molecule has 3 aromatic rings. The van der Waals surface area contributed by atoms with Crippen LogP contribution in [-0.4, -0.2) is 17.5 Å². The van der Waals surface area contributed by atoms with Crippen molar-refractivity contribution in [1.29, 1.82) is 0 Å². The predicted octanol–water partition coefficient (Wildman–Crippen LogP) is 7.22. The molecule has 3 aromatic carbocycles. The van der Waals surface area contributed by atoms with Gasteiger partial charge in [0.05, 0.1) is 18.2 Å². The third kappa shape index (κ3) is 5.53. The fourth-order valence-electron chi connectivity index (χ4n) is 4.37. The largest absolute Gasteiger partial charge is 0.494 e. The second-order valence-electron chi connectivity index (χ2n) is 8.32. The summed E-state index contributed by atoms with van der Waals surface area (Å²) >= 11 is 0. The van der Waals surface area contributed by atoms with Crippen molar-refractivity contribution in [3.8, 4) is 5.75 Å². The van der Waals surface area contributed by atoms with Gasteiger partial charge in [0.15, 0.2) is 0 Å². The second kappa shape index (κ2) is 10.2. The number of nitrogens with zero attached hydrogens (tertiary/aromatic N) is 1. The Hall–Kier alpha value is -3.48. The number of amides is 2. The minimum Gasteiger partial charge on any atom is -0.494 e. The van der Waals surface area contributed by atoms with Gasteiger partial charge in [0.25, 0.3) is 0 Å². The summed E-state index contributed by atoms with van der Waals surface area (Å²) < 4.78 is 44.5. The summed E-state index contributed by atoms with van der Waals surface area (Å²) in [6.07, 6.45) is -1.73. The molecule has 0 fully saturated rings. The van der Waals surface area contributed by atoms with E-state index in [0.717, 1.165) is 37.0 Å². The molecule has 0 aromatic heterocycles. The first-order valence-corrected chi connectivity index (χ1v) is 11.4. The van der Waals surface area contributed by atoms with Crippen LogP contribution in [0.5, 0.6) is 5.75 Å². The van der Waals surface area contributed by atoms with Crippen molar-refractivity contribution in [2.24, 2.45) is 0 Å². The molecule has 1 aliphatic rings. The molecule has 4 nitrogen and oxygen atoms in total. The number of benzene rings is 3. The van der Waals surface area contributed by atoms with Gasteiger partial charge in [-0.3, -0.25) is 0 Å². The number of rotatable bonds is 6. The topological polar surface area (TPSA) is 41.6 Å². The number of ether oxygens (including phenoxy) is 1. The summed E-state index contributed by atoms with van der Waals surface area (Å²) in [5.74, 6) is 0.711. The van der Waals surface area contributed by atoms with Crippen molar-refractivity contribution in [1.82, 2.24) is 4.90 Å². The Kier molecular flexibility index (Phi) is 7.10. The van der Waals surface area contributed by atoms with Gasteiger partial charge in [0.1, 0.15) is 5.75 Å². The number of alkyl halides is 3. The maximum absolute atomic E-state index is 13.5. The molecule has 34 heavy (non-hydrogen) atoms. The van der Waals surface area contributed by atoms with Crippen LogP contribution in [0.25, 0.3) is 0 Å². The number of nitrogens with one attached hydrogen (secondary N) is 1. The number of fused-ring (bicyclic) bond motifs is 1. The number of anilines is 1. The van der Waals surface area contributed by atoms with Gasteiger partial charge in [0.2, 0.25) is 0 Å². The van der Waals surface area contributed by atoms with E-state index in [1.165, 1.54) is 17.7 Å². The molecule has 0 bridgehead atoms. The quantitative estimate of drug-likeness (QED) is 0.415. The molecule has 0 heterocycles. The molecule has 2 amide bonds. The third-order valence-corrected chi connectivity index (χ3v) is 6.03. The summed E-state index contributed by atoms with van der Waals surface area (Å²) in [7, 11) is 0. The summed E-state index contributed by atoms with van der Waals surface area (Å²) in [5, 5.41) is 2.95. The zero-order valence-electron chi connectivity index (χ0n) is 18.9. The fourth-order valence-corrected chi connectivity index (χ4v) is 4.37. The van der Waals surface area contributed by atoms with E-state index in [9.17, 15) is 18.0 Å². The van der Waals surface area contributed by atoms with Crippen molar-refractivity contribution in [2.75, 3.05) is 11.9 Å². The highest BCUT2D eigenvalue weighted by Gasteiger charge is 2.31. The summed E-state index contributed by atoms with van der Waals surface area (Å²) in [4.78, 5) is 15.2. The Morgan fingerprint density at radius 3 is 2.41 bits per heavy atom. The lowest BCUT2D eigenvalue weighted by Gasteiger charge is -2.36. The molecule has 7 heteroatoms. The van der Waals surface area contributed by atoms with Crippen LogP contribution in [-0.2, 0) is 19.1 Å². The molecular formula is C27H27F3N2O2. The number of hydrogen-bond acceptors (Lipinski definition) is 2. The highest BCUT2D eigenvalue weighted by atomic mass is 19.4. The van der Waals surface area contributed by atoms with Gasteiger partial charge in [-0.1, -0.05) is 36.4 Å². The highest BCUT2D eigenvalue weighted by molar-refractivity contribution is 5.89. The average molecular weight is 469 g/mol. The second-order valence-corrected chi connectivity index (χ2v) is 8.32. The maximum Gasteiger partial charge on any atom is 0.416 e. The average Bonchev–Trinajstić information content (AvgIpc) is 2.83. The molecule has 0 saturated heterocycles. The smallest absolute Gasteiger partial charge is 0.416 e. The molecule has 178 valence electrons. The van der Waals surface area contributed by atoms with E-state index in [1.807, 2.05) is 25.1 Å². The monoisotopic (exact) mass is 468 g/mol. The maximum atomic E-state index is 13.5. The first-order valence-electron chi connectivity index (χ1n) is 11.4. The molecule has 1 aliphatic carbocycles. The molecular weight excluding hydrogens is 441 g/mol. The molecule has 1 unspecified atom stereocenters. The van der Waals surface area contributed by atoms with Crippen LogP contribution in [0.1, 0.15) is 48.1 Å². The number of urea groups is 1. The lowest BCUT2D eigenvalue weighted by atomic mass is 9.86. The summed E-state index contributed by atoms with van der Waals surface area (Å²) in [6.45, 7) is 2.64. The van der Waals surface area contributed by atoms with E-state index in [0.29, 0.717) is 23.6 Å². The number of hydrogen-bond donors (Lipinski definition) is 1. The van der Waals surface area contributed by atoms with Gasteiger partial charge in [-0.15, -0.1) is 0 Å². The van der Waals surface area contributed by atoms with Gasteiger partial charge in [-0.25, -0.2) is 4.79 Å². The van der Waals surface area contributed by atoms with E-state index < -0.39 is 11.7 Å². The Morgan fingerprint density at radius 2 is 1.74 bits per heavy atom. The predicted molar refractivity (Wildman–Crippen MR) is 126 cm³/mol. The molecule has 0 aliphatic heterocycles. The van der Waals surface area contributed by atoms with Gasteiger partial charge in [-0.05, 0) is 79.3 Å². The van der Waals surface area contributed by atoms with E-state index in [-0.39, 0.29) is 18.6 Å². The van der Waals surface area contributed by atoms with Crippen molar-refractivity contribution in [3.05, 3.63) is 95.1 Å². The highest BCUT2D eigenvalue weighted by Crippen LogP contribution is 2.36. The number of aryl methyl sites for hydroxylation is 1. The van der Waals surface area contributed by atoms with Crippen LogP contribution in [0.2, 0.25) is 0 Å². The minimum atomic E-state index is -4.40. The standard InChI is InChI=1S/C27H27F3N2O2/c1-2-34-23-16-14-22(15-17-23)31-26(33)32(18-19-10-12-21(13-11-19)27(28,29)30)25-9-5-7-20-6-3-4-8-24(20)25/h3-4,6,8,10-17,25H,2,5,7,9,18H2,1H3,(H,31,33). The zero-order chi connectivity index (χ0) is 24.1. The first kappa shape index (κ1) is 23.7. The van der Waals surface area contributed by atoms with Crippen molar-refractivity contribution < 1.29 is 22.7 Å². The van der Waals surface area contributed by atoms with Gasteiger partial charge >= 0.3 is 12.2 Å². The minimum absolute atomic E-state index is 0.171. The molecule has 0 radical (unpaired) electrons. The normalized spacial score (nSPS) is 15.4. The van der Waals surface area contributed by atoms with Crippen LogP contribution < -0.4 is 10.1 Å². The molecule has 0 spiro atoms. The van der Waals surface area contributed by atoms with Gasteiger partial charge < -0.3 is 15.0 Å². The molecule has 0 saturated carbocycles. The first-order chi connectivity index (χ1) is 16.3. The Morgan fingerprint density at radius 1 is 1.03 bits per heavy atom. The van der Waals surface area contributed by atoms with E-state index in [2.05, 4.69) is 11.4 Å². The van der Waals surface area contributed by atoms with E-state index in [1.54, 1.807) is 29.2 Å². The summed E-state index contributed by atoms with van der Waals surface area (Å²) in [5.41, 5.74) is 2.84. The third-order valence-electron chi connectivity index (χ3n) is 6.03. The Bertz CT molecular complexity index is 1110. The van der Waals surface area contributed by atoms with Crippen LogP contribution >= 0.6 is 0 Å². The van der Waals surface area contributed by atoms with Gasteiger partial charge in [-0.2, -0.15) is 13.2 Å². The van der Waals surface area contributed by atoms with Crippen molar-refractivity contribution >= 4 is 11.7 Å². The molecule has 1 atom stereocenters.